The van der Waals surface area contributed by atoms with E-state index in [1.807, 2.05) is 25.1 Å². The fraction of sp³-hybridized carbons (Fsp3) is 0.588. The van der Waals surface area contributed by atoms with E-state index >= 15 is 0 Å². The smallest absolute Gasteiger partial charge is 0.317 e. The minimum Gasteiger partial charge on any atom is -0.496 e. The average Bonchev–Trinajstić information content (AvgIpc) is 2.53. The molecule has 0 amide bonds. The zero-order valence-electron chi connectivity index (χ0n) is 13.8. The average molecular weight is 341 g/mol. The number of carboxylic acids is 1. The monoisotopic (exact) mass is 340 g/mol. The Hall–Kier alpha value is -1.30. The van der Waals surface area contributed by atoms with E-state index in [0.29, 0.717) is 11.1 Å². The van der Waals surface area contributed by atoms with Gasteiger partial charge in [-0.1, -0.05) is 18.5 Å². The summed E-state index contributed by atoms with van der Waals surface area (Å²) in [5.74, 6) is 0.107. The Balaban J connectivity index is 1.92. The second-order valence-electron chi connectivity index (χ2n) is 5.92. The van der Waals surface area contributed by atoms with Crippen LogP contribution in [0.4, 0.5) is 0 Å². The molecule has 0 saturated carbocycles. The number of likely N-dealkylation sites (tertiary alicyclic amines) is 1. The molecule has 0 spiro atoms. The molecule has 23 heavy (non-hydrogen) atoms. The van der Waals surface area contributed by atoms with Crippen molar-refractivity contribution in [3.05, 3.63) is 28.8 Å². The SMILES string of the molecule is CCN(CC(=O)O)C1CCN(Cc2cc(Cl)ccc2OC)CC1. The molecule has 0 unspecified atom stereocenters. The fourth-order valence-electron chi connectivity index (χ4n) is 3.23. The maximum Gasteiger partial charge on any atom is 0.317 e. The highest BCUT2D eigenvalue weighted by atomic mass is 35.5. The van der Waals surface area contributed by atoms with Gasteiger partial charge in [-0.25, -0.2) is 0 Å². The molecule has 0 bridgehead atoms. The zero-order valence-corrected chi connectivity index (χ0v) is 14.6. The van der Waals surface area contributed by atoms with Crippen molar-refractivity contribution < 1.29 is 14.6 Å². The van der Waals surface area contributed by atoms with Crippen molar-refractivity contribution in [1.82, 2.24) is 9.80 Å². The molecule has 128 valence electrons. The van der Waals surface area contributed by atoms with Gasteiger partial charge in [0.2, 0.25) is 0 Å². The fourth-order valence-corrected chi connectivity index (χ4v) is 3.42. The first-order valence-electron chi connectivity index (χ1n) is 8.04. The lowest BCUT2D eigenvalue weighted by Crippen LogP contribution is -2.46. The number of aliphatic carboxylic acids is 1. The second kappa shape index (κ2) is 8.52. The molecule has 1 aromatic rings. The largest absolute Gasteiger partial charge is 0.496 e. The van der Waals surface area contributed by atoms with Gasteiger partial charge in [0.25, 0.3) is 0 Å². The number of rotatable bonds is 7. The summed E-state index contributed by atoms with van der Waals surface area (Å²) in [7, 11) is 1.67. The number of halogens is 1. The third kappa shape index (κ3) is 5.09. The number of hydrogen-bond acceptors (Lipinski definition) is 4. The summed E-state index contributed by atoms with van der Waals surface area (Å²) >= 11 is 6.09. The Labute approximate surface area is 142 Å². The Bertz CT molecular complexity index is 531. The first-order valence-corrected chi connectivity index (χ1v) is 8.42. The highest BCUT2D eigenvalue weighted by molar-refractivity contribution is 6.30. The summed E-state index contributed by atoms with van der Waals surface area (Å²) in [6.07, 6.45) is 1.98. The van der Waals surface area contributed by atoms with Crippen molar-refractivity contribution in [1.29, 1.82) is 0 Å². The van der Waals surface area contributed by atoms with Gasteiger partial charge >= 0.3 is 5.97 Å². The third-order valence-corrected chi connectivity index (χ3v) is 4.69. The Morgan fingerprint density at radius 3 is 2.70 bits per heavy atom. The third-order valence-electron chi connectivity index (χ3n) is 4.45. The zero-order chi connectivity index (χ0) is 16.8. The van der Waals surface area contributed by atoms with E-state index in [1.165, 1.54) is 0 Å². The summed E-state index contributed by atoms with van der Waals surface area (Å²) in [5, 5.41) is 9.71. The van der Waals surface area contributed by atoms with Crippen LogP contribution in [-0.2, 0) is 11.3 Å². The highest BCUT2D eigenvalue weighted by Gasteiger charge is 2.25. The minimum atomic E-state index is -0.752. The predicted octanol–water partition coefficient (Wildman–Crippen LogP) is 2.72. The van der Waals surface area contributed by atoms with Crippen molar-refractivity contribution in [2.24, 2.45) is 0 Å². The van der Waals surface area contributed by atoms with Crippen molar-refractivity contribution in [2.45, 2.75) is 32.4 Å². The van der Waals surface area contributed by atoms with E-state index in [9.17, 15) is 4.79 Å². The number of hydrogen-bond donors (Lipinski definition) is 1. The van der Waals surface area contributed by atoms with Gasteiger partial charge in [0.1, 0.15) is 5.75 Å². The standard InChI is InChI=1S/C17H25ClN2O3/c1-3-20(12-17(21)22)15-6-8-19(9-7-15)11-13-10-14(18)4-5-16(13)23-2/h4-5,10,15H,3,6-9,11-12H2,1-2H3,(H,21,22). The highest BCUT2D eigenvalue weighted by Crippen LogP contribution is 2.26. The predicted molar refractivity (Wildman–Crippen MR) is 91.2 cm³/mol. The second-order valence-corrected chi connectivity index (χ2v) is 6.36. The molecular formula is C17H25ClN2O3. The first-order chi connectivity index (χ1) is 11.0. The van der Waals surface area contributed by atoms with Gasteiger partial charge in [-0.3, -0.25) is 14.6 Å². The van der Waals surface area contributed by atoms with Crippen LogP contribution >= 0.6 is 11.6 Å². The van der Waals surface area contributed by atoms with E-state index in [-0.39, 0.29) is 6.54 Å². The summed E-state index contributed by atoms with van der Waals surface area (Å²) in [4.78, 5) is 15.4. The molecule has 1 saturated heterocycles. The molecule has 1 heterocycles. The van der Waals surface area contributed by atoms with Crippen molar-refractivity contribution in [3.63, 3.8) is 0 Å². The van der Waals surface area contributed by atoms with E-state index in [1.54, 1.807) is 7.11 Å². The molecule has 1 aliphatic rings. The normalized spacial score (nSPS) is 16.7. The topological polar surface area (TPSA) is 53.0 Å². The van der Waals surface area contributed by atoms with E-state index < -0.39 is 5.97 Å². The van der Waals surface area contributed by atoms with Crippen molar-refractivity contribution >= 4 is 17.6 Å². The van der Waals surface area contributed by atoms with Gasteiger partial charge < -0.3 is 9.84 Å². The molecule has 1 fully saturated rings. The van der Waals surface area contributed by atoms with Crippen LogP contribution in [0.15, 0.2) is 18.2 Å². The number of likely N-dealkylation sites (N-methyl/N-ethyl adjacent to an activating group) is 1. The lowest BCUT2D eigenvalue weighted by atomic mass is 10.0. The summed E-state index contributed by atoms with van der Waals surface area (Å²) in [5.41, 5.74) is 1.09. The van der Waals surface area contributed by atoms with Gasteiger partial charge in [0.05, 0.1) is 13.7 Å². The summed E-state index contributed by atoms with van der Waals surface area (Å²) in [6, 6.07) is 6.04. The molecule has 6 heteroatoms. The number of piperidine rings is 1. The number of nitrogens with zero attached hydrogens (tertiary/aromatic N) is 2. The van der Waals surface area contributed by atoms with Crippen LogP contribution in [0.5, 0.6) is 5.75 Å². The van der Waals surface area contributed by atoms with Crippen LogP contribution in [0.2, 0.25) is 5.02 Å². The van der Waals surface area contributed by atoms with Gasteiger partial charge in [0.15, 0.2) is 0 Å². The van der Waals surface area contributed by atoms with E-state index in [4.69, 9.17) is 21.4 Å². The molecule has 2 rings (SSSR count). The molecule has 0 aromatic heterocycles. The van der Waals surface area contributed by atoms with Crippen LogP contribution in [0.3, 0.4) is 0 Å². The first kappa shape index (κ1) is 18.0. The quantitative estimate of drug-likeness (QED) is 0.827. The van der Waals surface area contributed by atoms with E-state index in [2.05, 4.69) is 9.80 Å². The van der Waals surface area contributed by atoms with Gasteiger partial charge in [-0.15, -0.1) is 0 Å². The summed E-state index contributed by atoms with van der Waals surface area (Å²) < 4.78 is 5.40. The van der Waals surface area contributed by atoms with Crippen LogP contribution < -0.4 is 4.74 Å². The Morgan fingerprint density at radius 1 is 1.43 bits per heavy atom. The Morgan fingerprint density at radius 2 is 2.13 bits per heavy atom. The number of carboxylic acid groups (broad SMARTS) is 1. The maximum absolute atomic E-state index is 10.9. The minimum absolute atomic E-state index is 0.128. The number of benzene rings is 1. The number of ether oxygens (including phenoxy) is 1. The van der Waals surface area contributed by atoms with Crippen molar-refractivity contribution in [3.8, 4) is 5.75 Å². The molecule has 1 N–H and O–H groups in total. The van der Waals surface area contributed by atoms with Gasteiger partial charge in [-0.2, -0.15) is 0 Å². The van der Waals surface area contributed by atoms with Crippen molar-refractivity contribution in [2.75, 3.05) is 33.3 Å². The molecule has 0 aliphatic carbocycles. The lowest BCUT2D eigenvalue weighted by molar-refractivity contribution is -0.139. The lowest BCUT2D eigenvalue weighted by Gasteiger charge is -2.37. The van der Waals surface area contributed by atoms with Crippen LogP contribution in [0.1, 0.15) is 25.3 Å². The molecule has 0 radical (unpaired) electrons. The Kier molecular flexibility index (Phi) is 6.69. The van der Waals surface area contributed by atoms with Crippen LogP contribution in [-0.4, -0.2) is 60.2 Å². The number of carbonyl (C=O) groups is 1. The molecular weight excluding hydrogens is 316 g/mol. The van der Waals surface area contributed by atoms with Gasteiger partial charge in [-0.05, 0) is 50.7 Å². The summed E-state index contributed by atoms with van der Waals surface area (Å²) in [6.45, 7) is 5.64. The molecule has 1 aliphatic heterocycles. The molecule has 0 atom stereocenters. The maximum atomic E-state index is 10.9. The van der Waals surface area contributed by atoms with Crippen LogP contribution in [0, 0.1) is 0 Å². The van der Waals surface area contributed by atoms with E-state index in [0.717, 1.165) is 50.3 Å². The molecule has 5 nitrogen and oxygen atoms in total. The van der Waals surface area contributed by atoms with Gasteiger partial charge in [0, 0.05) is 23.2 Å². The number of methoxy groups -OCH3 is 1. The molecule has 1 aromatic carbocycles. The van der Waals surface area contributed by atoms with Crippen LogP contribution in [0.25, 0.3) is 0 Å².